The summed E-state index contributed by atoms with van der Waals surface area (Å²) in [6.45, 7) is 8.53. The van der Waals surface area contributed by atoms with Gasteiger partial charge in [-0.3, -0.25) is 4.99 Å². The summed E-state index contributed by atoms with van der Waals surface area (Å²) in [5.41, 5.74) is 4.56. The highest BCUT2D eigenvalue weighted by molar-refractivity contribution is 7.07. The Balaban J connectivity index is 2.23. The average molecular weight is 482 g/mol. The maximum atomic E-state index is 5.66. The van der Waals surface area contributed by atoms with Crippen molar-refractivity contribution in [1.29, 1.82) is 0 Å². The molecule has 0 aliphatic carbocycles. The maximum Gasteiger partial charge on any atom is 0.206 e. The summed E-state index contributed by atoms with van der Waals surface area (Å²) >= 11 is 1.52. The summed E-state index contributed by atoms with van der Waals surface area (Å²) in [7, 11) is 6.53. The van der Waals surface area contributed by atoms with Crippen LogP contribution in [0.5, 0.6) is 23.0 Å². The molecule has 0 aliphatic rings. The molecule has 3 aromatic rings. The molecule has 0 N–H and O–H groups in total. The molecule has 0 bridgehead atoms. The second-order valence-electron chi connectivity index (χ2n) is 7.52. The molecular weight excluding hydrogens is 450 g/mol. The minimum absolute atomic E-state index is 0.521. The maximum absolute atomic E-state index is 5.66. The molecular formula is C26H31N3O4S. The summed E-state index contributed by atoms with van der Waals surface area (Å²) in [6, 6.07) is 11.5. The Hall–Kier alpha value is -3.52. The Bertz CT molecular complexity index is 1260. The van der Waals surface area contributed by atoms with Gasteiger partial charge in [0.25, 0.3) is 0 Å². The van der Waals surface area contributed by atoms with E-state index in [9.17, 15) is 0 Å². The van der Waals surface area contributed by atoms with E-state index in [1.54, 1.807) is 28.4 Å². The first-order chi connectivity index (χ1) is 16.4. The van der Waals surface area contributed by atoms with Crippen LogP contribution in [-0.2, 0) is 0 Å². The van der Waals surface area contributed by atoms with Crippen LogP contribution in [0.25, 0.3) is 11.3 Å². The van der Waals surface area contributed by atoms with E-state index >= 15 is 0 Å². The predicted octanol–water partition coefficient (Wildman–Crippen LogP) is 5.39. The van der Waals surface area contributed by atoms with E-state index in [2.05, 4.69) is 13.5 Å². The van der Waals surface area contributed by atoms with Gasteiger partial charge in [0, 0.05) is 22.6 Å². The van der Waals surface area contributed by atoms with Crippen molar-refractivity contribution >= 4 is 17.0 Å². The Morgan fingerprint density at radius 3 is 2.29 bits per heavy atom. The standard InChI is InChI=1S/C26H31N3O4S/c1-8-21(18-9-12-23(31-5)25(13-18)33-7)28-29-22(16-34-26(29)27-15-17(2)3)20-11-10-19(30-4)14-24(20)32-6/h9-14,16H,2,8,15H2,1,3-7H3. The number of ether oxygens (including phenoxy) is 4. The van der Waals surface area contributed by atoms with Crippen LogP contribution in [0.2, 0.25) is 0 Å². The topological polar surface area (TPSA) is 66.6 Å². The zero-order valence-electron chi connectivity index (χ0n) is 20.5. The number of benzene rings is 2. The van der Waals surface area contributed by atoms with Crippen molar-refractivity contribution in [3.63, 3.8) is 0 Å². The van der Waals surface area contributed by atoms with Gasteiger partial charge >= 0.3 is 0 Å². The van der Waals surface area contributed by atoms with Gasteiger partial charge in [-0.15, -0.1) is 11.3 Å². The second kappa shape index (κ2) is 11.6. The Morgan fingerprint density at radius 2 is 1.68 bits per heavy atom. The van der Waals surface area contributed by atoms with Crippen molar-refractivity contribution in [2.45, 2.75) is 20.3 Å². The highest BCUT2D eigenvalue weighted by atomic mass is 32.1. The largest absolute Gasteiger partial charge is 0.497 e. The van der Waals surface area contributed by atoms with Gasteiger partial charge in [0.2, 0.25) is 4.80 Å². The molecule has 0 radical (unpaired) electrons. The highest BCUT2D eigenvalue weighted by Gasteiger charge is 2.16. The van der Waals surface area contributed by atoms with Crippen molar-refractivity contribution in [3.05, 3.63) is 64.3 Å². The zero-order valence-corrected chi connectivity index (χ0v) is 21.4. The van der Waals surface area contributed by atoms with Gasteiger partial charge in [-0.25, -0.2) is 4.68 Å². The first kappa shape index (κ1) is 25.1. The molecule has 34 heavy (non-hydrogen) atoms. The summed E-state index contributed by atoms with van der Waals surface area (Å²) in [5.74, 6) is 2.74. The van der Waals surface area contributed by atoms with Crippen molar-refractivity contribution in [2.75, 3.05) is 35.0 Å². The van der Waals surface area contributed by atoms with Crippen molar-refractivity contribution in [1.82, 2.24) is 4.68 Å². The number of thiazole rings is 1. The Labute approximate surface area is 204 Å². The number of rotatable bonds is 10. The van der Waals surface area contributed by atoms with Crippen LogP contribution in [0.15, 0.2) is 64.0 Å². The molecule has 0 spiro atoms. The van der Waals surface area contributed by atoms with Gasteiger partial charge in [0.1, 0.15) is 11.5 Å². The van der Waals surface area contributed by atoms with E-state index in [1.807, 2.05) is 53.4 Å². The average Bonchev–Trinajstić information content (AvgIpc) is 3.26. The summed E-state index contributed by atoms with van der Waals surface area (Å²) in [4.78, 5) is 5.51. The van der Waals surface area contributed by atoms with Gasteiger partial charge in [0.05, 0.1) is 46.4 Å². The minimum atomic E-state index is 0.521. The van der Waals surface area contributed by atoms with E-state index < -0.39 is 0 Å². The number of methoxy groups -OCH3 is 4. The fraction of sp³-hybridized carbons (Fsp3) is 0.308. The van der Waals surface area contributed by atoms with Crippen molar-refractivity contribution < 1.29 is 18.9 Å². The predicted molar refractivity (Wildman–Crippen MR) is 138 cm³/mol. The molecule has 0 aliphatic heterocycles. The molecule has 7 nitrogen and oxygen atoms in total. The molecule has 0 fully saturated rings. The molecule has 0 amide bonds. The minimum Gasteiger partial charge on any atom is -0.497 e. The summed E-state index contributed by atoms with van der Waals surface area (Å²) < 4.78 is 23.8. The molecule has 3 rings (SSSR count). The number of aromatic nitrogens is 1. The third kappa shape index (κ3) is 5.51. The van der Waals surface area contributed by atoms with Gasteiger partial charge < -0.3 is 18.9 Å². The highest BCUT2D eigenvalue weighted by Crippen LogP contribution is 2.34. The van der Waals surface area contributed by atoms with Crippen LogP contribution < -0.4 is 23.7 Å². The van der Waals surface area contributed by atoms with Crippen molar-refractivity contribution in [3.8, 4) is 34.3 Å². The lowest BCUT2D eigenvalue weighted by Gasteiger charge is -2.13. The first-order valence-corrected chi connectivity index (χ1v) is 11.7. The van der Waals surface area contributed by atoms with E-state index in [1.165, 1.54) is 11.3 Å². The van der Waals surface area contributed by atoms with Crippen LogP contribution in [0.1, 0.15) is 25.8 Å². The molecule has 1 heterocycles. The molecule has 2 aromatic carbocycles. The molecule has 0 atom stereocenters. The fourth-order valence-corrected chi connectivity index (χ4v) is 4.19. The number of nitrogens with zero attached hydrogens (tertiary/aromatic N) is 3. The Morgan fingerprint density at radius 1 is 0.941 bits per heavy atom. The van der Waals surface area contributed by atoms with E-state index in [0.717, 1.165) is 38.7 Å². The second-order valence-corrected chi connectivity index (χ2v) is 8.36. The monoisotopic (exact) mass is 481 g/mol. The lowest BCUT2D eigenvalue weighted by Crippen LogP contribution is -2.16. The van der Waals surface area contributed by atoms with Crippen LogP contribution >= 0.6 is 11.3 Å². The Kier molecular flexibility index (Phi) is 8.54. The van der Waals surface area contributed by atoms with Gasteiger partial charge in [-0.05, 0) is 43.7 Å². The summed E-state index contributed by atoms with van der Waals surface area (Å²) in [5, 5.41) is 7.08. The van der Waals surface area contributed by atoms with E-state index in [0.29, 0.717) is 30.2 Å². The molecule has 0 saturated carbocycles. The van der Waals surface area contributed by atoms with Crippen LogP contribution in [0.3, 0.4) is 0 Å². The lowest BCUT2D eigenvalue weighted by atomic mass is 10.1. The number of hydrogen-bond acceptors (Lipinski definition) is 7. The van der Waals surface area contributed by atoms with E-state index in [4.69, 9.17) is 29.0 Å². The lowest BCUT2D eigenvalue weighted by molar-refractivity contribution is 0.355. The normalized spacial score (nSPS) is 11.9. The van der Waals surface area contributed by atoms with Gasteiger partial charge in [-0.1, -0.05) is 19.1 Å². The third-order valence-corrected chi connectivity index (χ3v) is 5.98. The molecule has 1 aromatic heterocycles. The molecule has 0 saturated heterocycles. The molecule has 0 unspecified atom stereocenters. The fourth-order valence-electron chi connectivity index (χ4n) is 3.37. The summed E-state index contributed by atoms with van der Waals surface area (Å²) in [6.07, 6.45) is 0.706. The quantitative estimate of drug-likeness (QED) is 0.288. The van der Waals surface area contributed by atoms with Gasteiger partial charge in [0.15, 0.2) is 11.5 Å². The van der Waals surface area contributed by atoms with Crippen LogP contribution in [0.4, 0.5) is 0 Å². The van der Waals surface area contributed by atoms with Crippen LogP contribution in [0, 0.1) is 0 Å². The number of hydrogen-bond donors (Lipinski definition) is 0. The van der Waals surface area contributed by atoms with Crippen molar-refractivity contribution in [2.24, 2.45) is 10.1 Å². The molecule has 8 heteroatoms. The smallest absolute Gasteiger partial charge is 0.206 e. The van der Waals surface area contributed by atoms with Gasteiger partial charge in [-0.2, -0.15) is 5.10 Å². The zero-order chi connectivity index (χ0) is 24.7. The first-order valence-electron chi connectivity index (χ1n) is 10.8. The third-order valence-electron chi connectivity index (χ3n) is 5.13. The van der Waals surface area contributed by atoms with Crippen LogP contribution in [-0.4, -0.2) is 45.4 Å². The van der Waals surface area contributed by atoms with E-state index in [-0.39, 0.29) is 0 Å². The SMILES string of the molecule is C=C(C)CN=c1scc(-c2ccc(OC)cc2OC)n1N=C(CC)c1ccc(OC)c(OC)c1. The molecule has 180 valence electrons.